The van der Waals surface area contributed by atoms with Crippen LogP contribution in [0, 0.1) is 5.92 Å². The highest BCUT2D eigenvalue weighted by molar-refractivity contribution is 5.89. The van der Waals surface area contributed by atoms with Crippen molar-refractivity contribution in [2.24, 2.45) is 5.92 Å². The Morgan fingerprint density at radius 1 is 1.03 bits per heavy atom. The van der Waals surface area contributed by atoms with Gasteiger partial charge in [0.25, 0.3) is 0 Å². The molecule has 0 aliphatic carbocycles. The van der Waals surface area contributed by atoms with Crippen LogP contribution >= 0.6 is 0 Å². The number of carbonyl (C=O) groups is 3. The summed E-state index contributed by atoms with van der Waals surface area (Å²) in [4.78, 5) is 35.3. The van der Waals surface area contributed by atoms with Gasteiger partial charge < -0.3 is 49.6 Å². The molecule has 0 spiro atoms. The van der Waals surface area contributed by atoms with Crippen molar-refractivity contribution in [1.29, 1.82) is 0 Å². The van der Waals surface area contributed by atoms with E-state index in [1.807, 2.05) is 25.2 Å². The van der Waals surface area contributed by atoms with Crippen molar-refractivity contribution in [3.8, 4) is 0 Å². The minimum absolute atomic E-state index is 0.0614. The van der Waals surface area contributed by atoms with Gasteiger partial charge in [-0.15, -0.1) is 0 Å². The fourth-order valence-corrected chi connectivity index (χ4v) is 3.79. The quantitative estimate of drug-likeness (QED) is 0.0776. The summed E-state index contributed by atoms with van der Waals surface area (Å²) in [5.41, 5.74) is -0.473. The number of carbonyl (C=O) groups excluding carboxylic acids is 1. The number of ether oxygens (including phenoxy) is 4. The number of carboxylic acid groups (broad SMARTS) is 2. The molecular formula is C26H34O13. The lowest BCUT2D eigenvalue weighted by molar-refractivity contribution is -0.327. The zero-order chi connectivity index (χ0) is 28.9. The Kier molecular flexibility index (Phi) is 13.0. The van der Waals surface area contributed by atoms with Crippen LogP contribution in [0.25, 0.3) is 0 Å². The van der Waals surface area contributed by atoms with Crippen LogP contribution in [0.1, 0.15) is 26.2 Å². The summed E-state index contributed by atoms with van der Waals surface area (Å²) in [6, 6.07) is 0. The lowest BCUT2D eigenvalue weighted by Crippen LogP contribution is -2.60. The van der Waals surface area contributed by atoms with Crippen LogP contribution in [0.5, 0.6) is 0 Å². The summed E-state index contributed by atoms with van der Waals surface area (Å²) in [6.45, 7) is 0.872. The Bertz CT molecular complexity index is 994. The standard InChI is InChI=1S/C26H34O13/c1-2-3-4-5-6-7-8-9-20(30)36-11-10-15-16(12-19(28)29)17(24(34)35)14-37-25(15)39-26-23(33)22(32)21(31)18(13-27)38-26/h3-4,6-10,14,16,18,21-23,25-27,31-33H,2,5,11-13H2,1H3,(H,28,29)(H,34,35)/b4-3+,7-6+,9-8-,15-10+/t16-,18+,21+,22-,23+,25-,26-/m0/s1. The molecule has 2 rings (SSSR count). The predicted molar refractivity (Wildman–Crippen MR) is 133 cm³/mol. The van der Waals surface area contributed by atoms with Gasteiger partial charge in [0.05, 0.1) is 24.9 Å². The Balaban J connectivity index is 2.22. The number of aliphatic hydroxyl groups excluding tert-OH is 4. The van der Waals surface area contributed by atoms with Crippen molar-refractivity contribution in [3.05, 3.63) is 59.9 Å². The first-order chi connectivity index (χ1) is 18.6. The lowest BCUT2D eigenvalue weighted by atomic mass is 9.86. The summed E-state index contributed by atoms with van der Waals surface area (Å²) < 4.78 is 21.3. The van der Waals surface area contributed by atoms with Gasteiger partial charge in [-0.25, -0.2) is 9.59 Å². The number of aliphatic carboxylic acids is 2. The van der Waals surface area contributed by atoms with Crippen LogP contribution in [0.3, 0.4) is 0 Å². The molecule has 2 aliphatic heterocycles. The third-order valence-electron chi connectivity index (χ3n) is 5.80. The number of rotatable bonds is 13. The van der Waals surface area contributed by atoms with Gasteiger partial charge in [0.2, 0.25) is 6.29 Å². The smallest absolute Gasteiger partial charge is 0.335 e. The fraction of sp³-hybridized carbons (Fsp3) is 0.500. The summed E-state index contributed by atoms with van der Waals surface area (Å²) in [5.74, 6) is -4.81. The lowest BCUT2D eigenvalue weighted by Gasteiger charge is -2.41. The van der Waals surface area contributed by atoms with Gasteiger partial charge in [-0.2, -0.15) is 0 Å². The summed E-state index contributed by atoms with van der Waals surface area (Å²) in [7, 11) is 0. The summed E-state index contributed by atoms with van der Waals surface area (Å²) in [5, 5.41) is 58.6. The molecular weight excluding hydrogens is 520 g/mol. The Morgan fingerprint density at radius 2 is 1.77 bits per heavy atom. The first-order valence-electron chi connectivity index (χ1n) is 12.2. The van der Waals surface area contributed by atoms with E-state index >= 15 is 0 Å². The predicted octanol–water partition coefficient (Wildman–Crippen LogP) is 0.157. The van der Waals surface area contributed by atoms with Crippen LogP contribution in [0.2, 0.25) is 0 Å². The third kappa shape index (κ3) is 9.42. The highest BCUT2D eigenvalue weighted by Gasteiger charge is 2.46. The second-order valence-corrected chi connectivity index (χ2v) is 8.57. The Labute approximate surface area is 224 Å². The number of allylic oxidation sites excluding steroid dienone is 5. The molecule has 0 aromatic heterocycles. The topological polar surface area (TPSA) is 210 Å². The van der Waals surface area contributed by atoms with Crippen molar-refractivity contribution in [1.82, 2.24) is 0 Å². The molecule has 0 amide bonds. The fourth-order valence-electron chi connectivity index (χ4n) is 3.79. The molecule has 6 N–H and O–H groups in total. The number of hydrogen-bond acceptors (Lipinski definition) is 11. The second kappa shape index (κ2) is 15.9. The van der Waals surface area contributed by atoms with E-state index in [1.54, 1.807) is 6.08 Å². The van der Waals surface area contributed by atoms with Crippen LogP contribution in [-0.4, -0.2) is 98.8 Å². The minimum Gasteiger partial charge on any atom is -0.481 e. The SMILES string of the molecule is CC/C=C/C/C=C/C=C\C(=O)OC/C=C1/[C@H](O[C@@H]2O[C@H](CO)[C@@H](O)[C@H](O)[C@H]2O)OC=C(C(=O)O)[C@H]1CC(=O)O. The van der Waals surface area contributed by atoms with Gasteiger partial charge in [0, 0.05) is 17.6 Å². The van der Waals surface area contributed by atoms with Crippen LogP contribution in [0.4, 0.5) is 0 Å². The molecule has 13 heteroatoms. The Morgan fingerprint density at radius 3 is 2.41 bits per heavy atom. The molecule has 216 valence electrons. The maximum absolute atomic E-state index is 12.1. The number of carboxylic acids is 2. The first-order valence-corrected chi connectivity index (χ1v) is 12.2. The molecule has 13 nitrogen and oxygen atoms in total. The third-order valence-corrected chi connectivity index (χ3v) is 5.80. The zero-order valence-corrected chi connectivity index (χ0v) is 21.2. The highest BCUT2D eigenvalue weighted by Crippen LogP contribution is 2.35. The van der Waals surface area contributed by atoms with E-state index in [-0.39, 0.29) is 5.57 Å². The maximum atomic E-state index is 12.1. The number of esters is 1. The van der Waals surface area contributed by atoms with E-state index in [9.17, 15) is 45.0 Å². The molecule has 0 unspecified atom stereocenters. The van der Waals surface area contributed by atoms with E-state index in [4.69, 9.17) is 18.9 Å². The molecule has 2 aliphatic rings. The van der Waals surface area contributed by atoms with Crippen molar-refractivity contribution in [3.63, 3.8) is 0 Å². The molecule has 0 saturated carbocycles. The average Bonchev–Trinajstić information content (AvgIpc) is 2.89. The van der Waals surface area contributed by atoms with E-state index in [0.29, 0.717) is 6.42 Å². The maximum Gasteiger partial charge on any atom is 0.335 e. The highest BCUT2D eigenvalue weighted by atomic mass is 16.8. The molecule has 7 atom stereocenters. The van der Waals surface area contributed by atoms with Gasteiger partial charge in [-0.1, -0.05) is 37.3 Å². The monoisotopic (exact) mass is 554 g/mol. The van der Waals surface area contributed by atoms with Crippen LogP contribution in [0.15, 0.2) is 59.9 Å². The second-order valence-electron chi connectivity index (χ2n) is 8.57. The van der Waals surface area contributed by atoms with Gasteiger partial charge >= 0.3 is 17.9 Å². The molecule has 0 aromatic rings. The van der Waals surface area contributed by atoms with Gasteiger partial charge in [0.1, 0.15) is 31.0 Å². The molecule has 39 heavy (non-hydrogen) atoms. The first kappa shape index (κ1) is 31.9. The largest absolute Gasteiger partial charge is 0.481 e. The average molecular weight is 555 g/mol. The molecule has 0 aromatic carbocycles. The van der Waals surface area contributed by atoms with Crippen molar-refractivity contribution in [2.75, 3.05) is 13.2 Å². The number of aliphatic hydroxyl groups is 4. The Hall–Kier alpha value is -3.33. The molecule has 2 heterocycles. The molecule has 0 bridgehead atoms. The van der Waals surface area contributed by atoms with Crippen molar-refractivity contribution >= 4 is 17.9 Å². The van der Waals surface area contributed by atoms with Crippen LogP contribution < -0.4 is 0 Å². The molecule has 1 saturated heterocycles. The zero-order valence-electron chi connectivity index (χ0n) is 21.2. The van der Waals surface area contributed by atoms with E-state index < -0.39 is 86.0 Å². The minimum atomic E-state index is -1.80. The summed E-state index contributed by atoms with van der Waals surface area (Å²) >= 11 is 0. The van der Waals surface area contributed by atoms with E-state index in [1.165, 1.54) is 12.2 Å². The number of hydrogen-bond donors (Lipinski definition) is 6. The van der Waals surface area contributed by atoms with Crippen molar-refractivity contribution < 1.29 is 64.0 Å². The summed E-state index contributed by atoms with van der Waals surface area (Å²) in [6.07, 6.45) is 3.31. The van der Waals surface area contributed by atoms with Gasteiger partial charge in [-0.3, -0.25) is 4.79 Å². The van der Waals surface area contributed by atoms with Gasteiger partial charge in [-0.05, 0) is 18.9 Å². The van der Waals surface area contributed by atoms with E-state index in [2.05, 4.69) is 0 Å². The normalized spacial score (nSPS) is 30.5. The van der Waals surface area contributed by atoms with E-state index in [0.717, 1.165) is 18.8 Å². The van der Waals surface area contributed by atoms with Crippen LogP contribution in [-0.2, 0) is 33.3 Å². The van der Waals surface area contributed by atoms with Gasteiger partial charge in [0.15, 0.2) is 6.29 Å². The molecule has 0 radical (unpaired) electrons. The molecule has 1 fully saturated rings. The van der Waals surface area contributed by atoms with Crippen molar-refractivity contribution in [2.45, 2.75) is 63.2 Å².